The Bertz CT molecular complexity index is 572. The Morgan fingerprint density at radius 3 is 2.62 bits per heavy atom. The van der Waals surface area contributed by atoms with Gasteiger partial charge < -0.3 is 4.74 Å². The van der Waals surface area contributed by atoms with Crippen molar-refractivity contribution in [1.29, 1.82) is 0 Å². The van der Waals surface area contributed by atoms with Crippen LogP contribution in [-0.4, -0.2) is 40.3 Å². The lowest BCUT2D eigenvalue weighted by molar-refractivity contribution is 0.178. The summed E-state index contributed by atoms with van der Waals surface area (Å²) in [5, 5.41) is 7.12. The largest absolute Gasteiger partial charge is 0.377 e. The van der Waals surface area contributed by atoms with Crippen LogP contribution in [-0.2, 0) is 11.3 Å². The molecule has 1 N–H and O–H groups in total. The average Bonchev–Trinajstić information content (AvgIpc) is 3.19. The smallest absolute Gasteiger partial charge is 0.181 e. The third kappa shape index (κ3) is 3.14. The summed E-state index contributed by atoms with van der Waals surface area (Å²) in [6.45, 7) is 5.16. The first-order valence-electron chi connectivity index (χ1n) is 7.52. The average molecular weight is 286 g/mol. The first-order chi connectivity index (χ1) is 10.3. The highest BCUT2D eigenvalue weighted by molar-refractivity contribution is 5.55. The summed E-state index contributed by atoms with van der Waals surface area (Å²) >= 11 is 0. The number of methoxy groups -OCH3 is 1. The number of nitrogens with zero attached hydrogens (tertiary/aromatic N) is 3. The van der Waals surface area contributed by atoms with Gasteiger partial charge in [-0.1, -0.05) is 24.3 Å². The van der Waals surface area contributed by atoms with Crippen molar-refractivity contribution in [2.45, 2.75) is 32.4 Å². The van der Waals surface area contributed by atoms with Crippen LogP contribution in [0.4, 0.5) is 0 Å². The molecule has 1 aromatic heterocycles. The molecule has 2 aromatic rings. The number of benzene rings is 1. The van der Waals surface area contributed by atoms with E-state index in [-0.39, 0.29) is 0 Å². The van der Waals surface area contributed by atoms with Gasteiger partial charge in [-0.15, -0.1) is 0 Å². The van der Waals surface area contributed by atoms with Gasteiger partial charge in [0.25, 0.3) is 0 Å². The highest BCUT2D eigenvalue weighted by atomic mass is 16.5. The van der Waals surface area contributed by atoms with Crippen LogP contribution in [0.1, 0.15) is 37.2 Å². The molecule has 5 nitrogen and oxygen atoms in total. The highest BCUT2D eigenvalue weighted by Gasteiger charge is 2.19. The van der Waals surface area contributed by atoms with E-state index in [0.29, 0.717) is 12.6 Å². The molecule has 21 heavy (non-hydrogen) atoms. The van der Waals surface area contributed by atoms with E-state index in [0.717, 1.165) is 17.2 Å². The summed E-state index contributed by atoms with van der Waals surface area (Å²) in [6.07, 6.45) is 2.64. The van der Waals surface area contributed by atoms with Crippen molar-refractivity contribution in [3.63, 3.8) is 0 Å². The summed E-state index contributed by atoms with van der Waals surface area (Å²) in [7, 11) is 1.65. The second kappa shape index (κ2) is 6.37. The predicted octanol–water partition coefficient (Wildman–Crippen LogP) is 2.77. The van der Waals surface area contributed by atoms with E-state index >= 15 is 0 Å². The van der Waals surface area contributed by atoms with Crippen LogP contribution < -0.4 is 0 Å². The van der Waals surface area contributed by atoms with Crippen LogP contribution in [0.25, 0.3) is 11.4 Å². The van der Waals surface area contributed by atoms with Crippen molar-refractivity contribution < 1.29 is 4.74 Å². The van der Waals surface area contributed by atoms with E-state index < -0.39 is 0 Å². The Balaban J connectivity index is 1.73. The van der Waals surface area contributed by atoms with Crippen molar-refractivity contribution in [2.75, 3.05) is 20.2 Å². The predicted molar refractivity (Wildman–Crippen MR) is 81.8 cm³/mol. The molecule has 0 radical (unpaired) electrons. The fraction of sp³-hybridized carbons (Fsp3) is 0.500. The fourth-order valence-electron chi connectivity index (χ4n) is 2.88. The number of aromatic amines is 1. The quantitative estimate of drug-likeness (QED) is 0.918. The molecule has 2 heterocycles. The molecule has 1 aromatic carbocycles. The number of likely N-dealkylation sites (tertiary alicyclic amines) is 1. The molecule has 5 heteroatoms. The van der Waals surface area contributed by atoms with Crippen LogP contribution in [0, 0.1) is 0 Å². The maximum absolute atomic E-state index is 5.05. The molecule has 3 rings (SSSR count). The van der Waals surface area contributed by atoms with E-state index in [1.807, 2.05) is 0 Å². The first-order valence-corrected chi connectivity index (χ1v) is 7.52. The van der Waals surface area contributed by atoms with Crippen molar-refractivity contribution in [3.05, 3.63) is 35.7 Å². The Morgan fingerprint density at radius 1 is 1.24 bits per heavy atom. The van der Waals surface area contributed by atoms with E-state index in [1.165, 1.54) is 31.5 Å². The Labute approximate surface area is 125 Å². The van der Waals surface area contributed by atoms with Crippen molar-refractivity contribution in [2.24, 2.45) is 0 Å². The van der Waals surface area contributed by atoms with Crippen molar-refractivity contribution in [1.82, 2.24) is 20.1 Å². The molecular weight excluding hydrogens is 264 g/mol. The molecule has 0 aliphatic carbocycles. The van der Waals surface area contributed by atoms with E-state index in [2.05, 4.69) is 51.3 Å². The summed E-state index contributed by atoms with van der Waals surface area (Å²) in [5.41, 5.74) is 2.39. The van der Waals surface area contributed by atoms with Crippen molar-refractivity contribution >= 4 is 0 Å². The molecule has 1 fully saturated rings. The molecule has 0 bridgehead atoms. The topological polar surface area (TPSA) is 54.0 Å². The van der Waals surface area contributed by atoms with E-state index in [4.69, 9.17) is 4.74 Å². The minimum Gasteiger partial charge on any atom is -0.377 e. The number of aromatic nitrogens is 3. The summed E-state index contributed by atoms with van der Waals surface area (Å²) in [4.78, 5) is 6.96. The van der Waals surface area contributed by atoms with E-state index in [1.54, 1.807) is 7.11 Å². The number of nitrogens with one attached hydrogen (secondary N) is 1. The molecule has 0 unspecified atom stereocenters. The lowest BCUT2D eigenvalue weighted by atomic mass is 10.0. The van der Waals surface area contributed by atoms with Gasteiger partial charge in [-0.2, -0.15) is 5.10 Å². The zero-order valence-electron chi connectivity index (χ0n) is 12.7. The van der Waals surface area contributed by atoms with Crippen LogP contribution in [0.2, 0.25) is 0 Å². The maximum atomic E-state index is 5.05. The first kappa shape index (κ1) is 14.2. The minimum absolute atomic E-state index is 0.455. The highest BCUT2D eigenvalue weighted by Crippen LogP contribution is 2.26. The van der Waals surface area contributed by atoms with Gasteiger partial charge in [0.05, 0.1) is 0 Å². The van der Waals surface area contributed by atoms with Crippen LogP contribution in [0.5, 0.6) is 0 Å². The third-order valence-corrected chi connectivity index (χ3v) is 4.15. The normalized spacial score (nSPS) is 17.2. The monoisotopic (exact) mass is 286 g/mol. The van der Waals surface area contributed by atoms with Crippen LogP contribution in [0.3, 0.4) is 0 Å². The molecule has 1 aliphatic heterocycles. The molecular formula is C16H22N4O. The number of H-pyrrole nitrogens is 1. The summed E-state index contributed by atoms with van der Waals surface area (Å²) in [5.74, 6) is 1.48. The standard InChI is InChI=1S/C16H22N4O/c1-12(20-9-3-4-10-20)13-5-7-14(8-6-13)16-17-15(11-21-2)18-19-16/h5-8,12H,3-4,9-11H2,1-2H3,(H,17,18,19)/t12-/m0/s1. The fourth-order valence-corrected chi connectivity index (χ4v) is 2.88. The summed E-state index contributed by atoms with van der Waals surface area (Å²) < 4.78 is 5.05. The van der Waals surface area contributed by atoms with Gasteiger partial charge in [0.1, 0.15) is 6.61 Å². The molecule has 112 valence electrons. The van der Waals surface area contributed by atoms with Gasteiger partial charge in [0.2, 0.25) is 0 Å². The van der Waals surface area contributed by atoms with Crippen LogP contribution in [0.15, 0.2) is 24.3 Å². The Hall–Kier alpha value is -1.72. The minimum atomic E-state index is 0.455. The van der Waals surface area contributed by atoms with E-state index in [9.17, 15) is 0 Å². The second-order valence-corrected chi connectivity index (χ2v) is 5.58. The second-order valence-electron chi connectivity index (χ2n) is 5.58. The van der Waals surface area contributed by atoms with Gasteiger partial charge in [-0.05, 0) is 38.4 Å². The molecule has 0 saturated carbocycles. The van der Waals surface area contributed by atoms with Crippen LogP contribution >= 0.6 is 0 Å². The number of hydrogen-bond acceptors (Lipinski definition) is 4. The molecule has 0 amide bonds. The number of hydrogen-bond donors (Lipinski definition) is 1. The van der Waals surface area contributed by atoms with Gasteiger partial charge >= 0.3 is 0 Å². The van der Waals surface area contributed by atoms with Gasteiger partial charge in [0.15, 0.2) is 11.6 Å². The molecule has 0 spiro atoms. The summed E-state index contributed by atoms with van der Waals surface area (Å²) in [6, 6.07) is 9.05. The molecule has 1 aliphatic rings. The SMILES string of the molecule is COCc1nc(-c2ccc([C@H](C)N3CCCC3)cc2)n[nH]1. The van der Waals surface area contributed by atoms with Gasteiger partial charge in [-0.25, -0.2) is 4.98 Å². The number of ether oxygens (including phenoxy) is 1. The van der Waals surface area contributed by atoms with Gasteiger partial charge in [0, 0.05) is 18.7 Å². The number of rotatable bonds is 5. The zero-order valence-corrected chi connectivity index (χ0v) is 12.7. The zero-order chi connectivity index (χ0) is 14.7. The van der Waals surface area contributed by atoms with Gasteiger partial charge in [-0.3, -0.25) is 10.00 Å². The Kier molecular flexibility index (Phi) is 4.31. The Morgan fingerprint density at radius 2 is 1.95 bits per heavy atom. The maximum Gasteiger partial charge on any atom is 0.181 e. The molecule has 1 saturated heterocycles. The lowest BCUT2D eigenvalue weighted by Crippen LogP contribution is -2.23. The third-order valence-electron chi connectivity index (χ3n) is 4.15. The van der Waals surface area contributed by atoms with Crippen molar-refractivity contribution in [3.8, 4) is 11.4 Å². The molecule has 1 atom stereocenters. The lowest BCUT2D eigenvalue weighted by Gasteiger charge is -2.24.